The standard InChI is InChI=1S/C21H19F3N4O4S/c22-21(23,24)12-32-17-9-25-7-6-13(17)8-26-15-10-28(20(30)31)11-16(29)18(15)19(33)27-14-4-2-1-3-5-14/h1-7,9,26H,8,10-12H2,(H,27,33)(H,30,31). The van der Waals surface area contributed by atoms with Crippen molar-refractivity contribution in [2.24, 2.45) is 0 Å². The summed E-state index contributed by atoms with van der Waals surface area (Å²) in [7, 11) is 0. The molecule has 0 saturated carbocycles. The number of amides is 1. The van der Waals surface area contributed by atoms with Crippen LogP contribution in [0.4, 0.5) is 23.7 Å². The number of carboxylic acid groups (broad SMARTS) is 1. The third-order valence-electron chi connectivity index (χ3n) is 4.55. The lowest BCUT2D eigenvalue weighted by molar-refractivity contribution is -0.153. The van der Waals surface area contributed by atoms with E-state index in [9.17, 15) is 27.9 Å². The molecule has 0 fully saturated rings. The second kappa shape index (κ2) is 10.3. The number of Topliss-reactive ketones (excluding diaryl/α,β-unsaturated/α-hetero) is 1. The zero-order valence-electron chi connectivity index (χ0n) is 17.1. The van der Waals surface area contributed by atoms with Crippen LogP contribution in [0.15, 0.2) is 60.1 Å². The van der Waals surface area contributed by atoms with E-state index in [-0.39, 0.29) is 41.6 Å². The molecule has 8 nitrogen and oxygen atoms in total. The topological polar surface area (TPSA) is 104 Å². The van der Waals surface area contributed by atoms with Crippen molar-refractivity contribution in [1.82, 2.24) is 15.2 Å². The van der Waals surface area contributed by atoms with E-state index < -0.39 is 24.7 Å². The molecular formula is C21H19F3N4O4S. The third-order valence-corrected chi connectivity index (χ3v) is 4.85. The number of hydrogen-bond donors (Lipinski definition) is 3. The average Bonchev–Trinajstić information content (AvgIpc) is 2.76. The fourth-order valence-corrected chi connectivity index (χ4v) is 3.41. The first kappa shape index (κ1) is 24.0. The van der Waals surface area contributed by atoms with Crippen LogP contribution in [0.1, 0.15) is 5.56 Å². The molecule has 0 atom stereocenters. The van der Waals surface area contributed by atoms with Crippen molar-refractivity contribution in [1.29, 1.82) is 0 Å². The van der Waals surface area contributed by atoms with E-state index >= 15 is 0 Å². The maximum Gasteiger partial charge on any atom is 0.422 e. The van der Waals surface area contributed by atoms with Gasteiger partial charge in [-0.1, -0.05) is 30.4 Å². The SMILES string of the molecule is O=C1CN(C(=O)O)CC(NCc2ccncc2OCC(F)(F)F)=C1C(=S)Nc1ccccc1. The molecule has 0 aliphatic carbocycles. The summed E-state index contributed by atoms with van der Waals surface area (Å²) in [6, 6.07) is 10.3. The first-order valence-electron chi connectivity index (χ1n) is 9.61. The highest BCUT2D eigenvalue weighted by Crippen LogP contribution is 2.23. The Hall–Kier alpha value is -3.67. The van der Waals surface area contributed by atoms with E-state index in [0.717, 1.165) is 11.1 Å². The number of halogens is 3. The molecule has 2 heterocycles. The van der Waals surface area contributed by atoms with Gasteiger partial charge < -0.3 is 20.5 Å². The highest BCUT2D eigenvalue weighted by Gasteiger charge is 2.31. The number of rotatable bonds is 7. The van der Waals surface area contributed by atoms with Gasteiger partial charge in [0.2, 0.25) is 0 Å². The summed E-state index contributed by atoms with van der Waals surface area (Å²) >= 11 is 5.40. The highest BCUT2D eigenvalue weighted by molar-refractivity contribution is 7.81. The maximum atomic E-state index is 12.8. The summed E-state index contributed by atoms with van der Waals surface area (Å²) in [5, 5.41) is 15.2. The number of ether oxygens (including phenoxy) is 1. The van der Waals surface area contributed by atoms with Crippen LogP contribution in [0, 0.1) is 0 Å². The first-order chi connectivity index (χ1) is 15.6. The molecule has 1 aliphatic rings. The number of ketones is 1. The quantitative estimate of drug-likeness (QED) is 0.519. The summed E-state index contributed by atoms with van der Waals surface area (Å²) < 4.78 is 42.4. The molecule has 0 unspecified atom stereocenters. The Morgan fingerprint density at radius 1 is 1.21 bits per heavy atom. The Bertz CT molecular complexity index is 1080. The predicted octanol–water partition coefficient (Wildman–Crippen LogP) is 3.37. The number of aromatic nitrogens is 1. The van der Waals surface area contributed by atoms with Crippen molar-refractivity contribution in [3.8, 4) is 5.75 Å². The average molecular weight is 480 g/mol. The van der Waals surface area contributed by atoms with E-state index in [1.165, 1.54) is 12.3 Å². The fourth-order valence-electron chi connectivity index (χ4n) is 3.05. The van der Waals surface area contributed by atoms with Crippen molar-refractivity contribution in [2.45, 2.75) is 12.7 Å². The van der Waals surface area contributed by atoms with Gasteiger partial charge in [-0.15, -0.1) is 0 Å². The number of anilines is 1. The van der Waals surface area contributed by atoms with Gasteiger partial charge in [-0.3, -0.25) is 14.7 Å². The molecule has 3 N–H and O–H groups in total. The van der Waals surface area contributed by atoms with Gasteiger partial charge in [0, 0.05) is 29.7 Å². The Morgan fingerprint density at radius 3 is 2.61 bits per heavy atom. The number of carbonyl (C=O) groups is 2. The Labute approximate surface area is 192 Å². The van der Waals surface area contributed by atoms with Crippen LogP contribution in [0.3, 0.4) is 0 Å². The monoisotopic (exact) mass is 480 g/mol. The van der Waals surface area contributed by atoms with Crippen LogP contribution in [0.25, 0.3) is 0 Å². The van der Waals surface area contributed by atoms with Gasteiger partial charge in [0.1, 0.15) is 10.7 Å². The molecule has 0 saturated heterocycles. The van der Waals surface area contributed by atoms with Crippen LogP contribution >= 0.6 is 12.2 Å². The van der Waals surface area contributed by atoms with E-state index in [4.69, 9.17) is 17.0 Å². The van der Waals surface area contributed by atoms with Crippen molar-refractivity contribution in [2.75, 3.05) is 25.0 Å². The fraction of sp³-hybridized carbons (Fsp3) is 0.238. The van der Waals surface area contributed by atoms with Gasteiger partial charge in [-0.2, -0.15) is 13.2 Å². The van der Waals surface area contributed by atoms with Crippen LogP contribution in [-0.4, -0.2) is 57.7 Å². The maximum absolute atomic E-state index is 12.8. The number of nitrogens with one attached hydrogen (secondary N) is 2. The minimum Gasteiger partial charge on any atom is -0.482 e. The molecule has 1 aliphatic heterocycles. The molecule has 12 heteroatoms. The summed E-state index contributed by atoms with van der Waals surface area (Å²) in [5.41, 5.74) is 1.31. The summed E-state index contributed by atoms with van der Waals surface area (Å²) in [5.74, 6) is -0.602. The predicted molar refractivity (Wildman–Crippen MR) is 117 cm³/mol. The number of carbonyl (C=O) groups excluding carboxylic acids is 1. The van der Waals surface area contributed by atoms with Gasteiger partial charge in [0.05, 0.1) is 24.9 Å². The molecule has 1 amide bonds. The molecule has 0 radical (unpaired) electrons. The molecule has 1 aromatic carbocycles. The smallest absolute Gasteiger partial charge is 0.422 e. The van der Waals surface area contributed by atoms with Crippen molar-refractivity contribution in [3.63, 3.8) is 0 Å². The van der Waals surface area contributed by atoms with Crippen molar-refractivity contribution >= 4 is 34.8 Å². The lowest BCUT2D eigenvalue weighted by atomic mass is 10.0. The van der Waals surface area contributed by atoms with Crippen LogP contribution in [-0.2, 0) is 11.3 Å². The number of alkyl halides is 3. The van der Waals surface area contributed by atoms with E-state index in [2.05, 4.69) is 15.6 Å². The van der Waals surface area contributed by atoms with Gasteiger partial charge in [0.15, 0.2) is 12.4 Å². The molecule has 174 valence electrons. The lowest BCUT2D eigenvalue weighted by Crippen LogP contribution is -2.46. The Balaban J connectivity index is 1.85. The molecule has 0 bridgehead atoms. The number of hydrogen-bond acceptors (Lipinski definition) is 6. The second-order valence-corrected chi connectivity index (χ2v) is 7.38. The summed E-state index contributed by atoms with van der Waals surface area (Å²) in [4.78, 5) is 29.0. The van der Waals surface area contributed by atoms with E-state index in [1.807, 2.05) is 6.07 Å². The number of pyridine rings is 1. The van der Waals surface area contributed by atoms with Gasteiger partial charge in [-0.05, 0) is 18.2 Å². The van der Waals surface area contributed by atoms with Crippen LogP contribution < -0.4 is 15.4 Å². The molecule has 1 aromatic heterocycles. The number of thiocarbonyl (C=S) groups is 1. The van der Waals surface area contributed by atoms with Gasteiger partial charge >= 0.3 is 12.3 Å². The second-order valence-electron chi connectivity index (χ2n) is 6.98. The number of nitrogens with zero attached hydrogens (tertiary/aromatic N) is 2. The minimum absolute atomic E-state index is 0.0523. The number of para-hydroxylation sites is 1. The number of benzene rings is 1. The van der Waals surface area contributed by atoms with E-state index in [1.54, 1.807) is 24.3 Å². The van der Waals surface area contributed by atoms with Gasteiger partial charge in [-0.25, -0.2) is 4.79 Å². The summed E-state index contributed by atoms with van der Waals surface area (Å²) in [6.07, 6.45) is -3.29. The molecular weight excluding hydrogens is 461 g/mol. The zero-order valence-corrected chi connectivity index (χ0v) is 17.9. The molecule has 3 rings (SSSR count). The zero-order chi connectivity index (χ0) is 24.0. The Kier molecular flexibility index (Phi) is 7.48. The summed E-state index contributed by atoms with van der Waals surface area (Å²) in [6.45, 7) is -2.07. The van der Waals surface area contributed by atoms with Gasteiger partial charge in [0.25, 0.3) is 0 Å². The third kappa shape index (κ3) is 6.65. The van der Waals surface area contributed by atoms with Crippen molar-refractivity contribution in [3.05, 3.63) is 65.6 Å². The largest absolute Gasteiger partial charge is 0.482 e. The van der Waals surface area contributed by atoms with Crippen LogP contribution in [0.2, 0.25) is 0 Å². The highest BCUT2D eigenvalue weighted by atomic mass is 32.1. The molecule has 0 spiro atoms. The van der Waals surface area contributed by atoms with Crippen LogP contribution in [0.5, 0.6) is 5.75 Å². The van der Waals surface area contributed by atoms with E-state index in [0.29, 0.717) is 11.3 Å². The normalized spacial score (nSPS) is 14.2. The molecule has 2 aromatic rings. The lowest BCUT2D eigenvalue weighted by Gasteiger charge is -2.29. The Morgan fingerprint density at radius 2 is 1.94 bits per heavy atom. The van der Waals surface area contributed by atoms with Crippen molar-refractivity contribution < 1.29 is 32.6 Å². The minimum atomic E-state index is -4.52. The molecule has 33 heavy (non-hydrogen) atoms. The first-order valence-corrected chi connectivity index (χ1v) is 10.0.